The van der Waals surface area contributed by atoms with E-state index in [2.05, 4.69) is 4.90 Å². The number of carboxylic acids is 1. The van der Waals surface area contributed by atoms with E-state index >= 15 is 0 Å². The molecular formula is C11H18N2O3. The van der Waals surface area contributed by atoms with Gasteiger partial charge in [0.15, 0.2) is 0 Å². The largest absolute Gasteiger partial charge is 0.480 e. The van der Waals surface area contributed by atoms with E-state index in [4.69, 9.17) is 5.11 Å². The van der Waals surface area contributed by atoms with Gasteiger partial charge in [-0.15, -0.1) is 0 Å². The van der Waals surface area contributed by atoms with Gasteiger partial charge in [-0.05, 0) is 26.4 Å². The summed E-state index contributed by atoms with van der Waals surface area (Å²) in [5.74, 6) is -1.26. The Balaban J connectivity index is 2.34. The Labute approximate surface area is 95.3 Å². The third-order valence-corrected chi connectivity index (χ3v) is 2.86. The molecule has 1 N–H and O–H groups in total. The van der Waals surface area contributed by atoms with Crippen molar-refractivity contribution >= 4 is 11.9 Å². The number of amides is 1. The number of nitrogens with zero attached hydrogens (tertiary/aromatic N) is 2. The normalized spacial score (nSPS) is 18.1. The fourth-order valence-electron chi connectivity index (χ4n) is 1.34. The van der Waals surface area contributed by atoms with Crippen LogP contribution in [0.1, 0.15) is 13.3 Å². The van der Waals surface area contributed by atoms with Crippen LogP contribution in [0.5, 0.6) is 0 Å². The molecule has 90 valence electrons. The first kappa shape index (κ1) is 12.7. The van der Waals surface area contributed by atoms with Crippen molar-refractivity contribution in [2.45, 2.75) is 19.4 Å². The van der Waals surface area contributed by atoms with Crippen LogP contribution in [0.25, 0.3) is 0 Å². The summed E-state index contributed by atoms with van der Waals surface area (Å²) >= 11 is 0. The van der Waals surface area contributed by atoms with Crippen LogP contribution in [0.3, 0.4) is 0 Å². The fourth-order valence-corrected chi connectivity index (χ4v) is 1.34. The highest BCUT2D eigenvalue weighted by atomic mass is 16.4. The molecule has 0 unspecified atom stereocenters. The van der Waals surface area contributed by atoms with Crippen LogP contribution in [0.2, 0.25) is 0 Å². The second-order valence-corrected chi connectivity index (χ2v) is 4.02. The van der Waals surface area contributed by atoms with E-state index in [1.165, 1.54) is 31.4 Å². The van der Waals surface area contributed by atoms with Gasteiger partial charge in [-0.2, -0.15) is 0 Å². The molecule has 0 aliphatic carbocycles. The van der Waals surface area contributed by atoms with Gasteiger partial charge in [-0.1, -0.05) is 6.08 Å². The Morgan fingerprint density at radius 3 is 2.56 bits per heavy atom. The molecule has 0 aromatic rings. The van der Waals surface area contributed by atoms with E-state index in [9.17, 15) is 9.59 Å². The van der Waals surface area contributed by atoms with Gasteiger partial charge in [-0.25, -0.2) is 4.79 Å². The first-order chi connectivity index (χ1) is 7.52. The van der Waals surface area contributed by atoms with Crippen LogP contribution < -0.4 is 0 Å². The van der Waals surface area contributed by atoms with E-state index in [-0.39, 0.29) is 5.91 Å². The van der Waals surface area contributed by atoms with E-state index < -0.39 is 12.0 Å². The van der Waals surface area contributed by atoms with Crippen molar-refractivity contribution in [3.05, 3.63) is 12.2 Å². The third kappa shape index (κ3) is 3.34. The number of aliphatic carboxylic acids is 1. The molecule has 0 spiro atoms. The Bertz CT molecular complexity index is 298. The van der Waals surface area contributed by atoms with Gasteiger partial charge >= 0.3 is 5.97 Å². The quantitative estimate of drug-likeness (QED) is 0.679. The number of carbonyl (C=O) groups is 2. The van der Waals surface area contributed by atoms with E-state index in [1.54, 1.807) is 6.08 Å². The summed E-state index contributed by atoms with van der Waals surface area (Å²) in [6, 6.07) is -0.791. The lowest BCUT2D eigenvalue weighted by Crippen LogP contribution is -2.40. The van der Waals surface area contributed by atoms with Gasteiger partial charge < -0.3 is 10.0 Å². The number of carbonyl (C=O) groups excluding carboxylic acids is 1. The van der Waals surface area contributed by atoms with Crippen LogP contribution in [-0.4, -0.2) is 59.5 Å². The van der Waals surface area contributed by atoms with Crippen molar-refractivity contribution in [2.24, 2.45) is 0 Å². The Hall–Kier alpha value is -1.36. The van der Waals surface area contributed by atoms with Crippen molar-refractivity contribution < 1.29 is 14.7 Å². The number of carboxylic acid groups (broad SMARTS) is 1. The monoisotopic (exact) mass is 226 g/mol. The first-order valence-electron chi connectivity index (χ1n) is 5.41. The van der Waals surface area contributed by atoms with Gasteiger partial charge in [-0.3, -0.25) is 9.69 Å². The summed E-state index contributed by atoms with van der Waals surface area (Å²) < 4.78 is 0. The van der Waals surface area contributed by atoms with Crippen LogP contribution in [0, 0.1) is 0 Å². The molecular weight excluding hydrogens is 208 g/mol. The third-order valence-electron chi connectivity index (χ3n) is 2.86. The molecule has 0 aromatic heterocycles. The Morgan fingerprint density at radius 2 is 2.12 bits per heavy atom. The highest BCUT2D eigenvalue weighted by Crippen LogP contribution is 2.04. The summed E-state index contributed by atoms with van der Waals surface area (Å²) in [6.07, 6.45) is 4.45. The highest BCUT2D eigenvalue weighted by molar-refractivity contribution is 5.90. The molecule has 1 atom stereocenters. The number of likely N-dealkylation sites (tertiary alicyclic amines) is 1. The molecule has 1 rings (SSSR count). The minimum absolute atomic E-state index is 0.268. The maximum atomic E-state index is 11.5. The van der Waals surface area contributed by atoms with Gasteiger partial charge in [0, 0.05) is 19.7 Å². The van der Waals surface area contributed by atoms with E-state index in [0.717, 1.165) is 19.6 Å². The minimum Gasteiger partial charge on any atom is -0.480 e. The smallest absolute Gasteiger partial charge is 0.326 e. The number of hydrogen-bond acceptors (Lipinski definition) is 3. The molecule has 5 nitrogen and oxygen atoms in total. The van der Waals surface area contributed by atoms with Crippen LogP contribution in [0.15, 0.2) is 12.2 Å². The van der Waals surface area contributed by atoms with Gasteiger partial charge in [0.1, 0.15) is 6.04 Å². The number of hydrogen-bond donors (Lipinski definition) is 1. The molecule has 1 saturated heterocycles. The molecule has 5 heteroatoms. The summed E-state index contributed by atoms with van der Waals surface area (Å²) in [4.78, 5) is 25.6. The van der Waals surface area contributed by atoms with E-state index in [1.807, 2.05) is 0 Å². The zero-order chi connectivity index (χ0) is 12.1. The summed E-state index contributed by atoms with van der Waals surface area (Å²) in [7, 11) is 1.50. The van der Waals surface area contributed by atoms with Crippen molar-refractivity contribution in [2.75, 3.05) is 26.7 Å². The van der Waals surface area contributed by atoms with Crippen LogP contribution in [-0.2, 0) is 9.59 Å². The summed E-state index contributed by atoms with van der Waals surface area (Å²) in [6.45, 7) is 4.42. The second kappa shape index (κ2) is 5.65. The maximum absolute atomic E-state index is 11.5. The van der Waals surface area contributed by atoms with Crippen molar-refractivity contribution in [3.8, 4) is 0 Å². The molecule has 0 bridgehead atoms. The SMILES string of the molecule is C[C@@H](C(=O)O)N(C)C(=O)C=CCN1CCC1. The summed E-state index contributed by atoms with van der Waals surface area (Å²) in [5.41, 5.74) is 0. The Morgan fingerprint density at radius 1 is 1.50 bits per heavy atom. The lowest BCUT2D eigenvalue weighted by Gasteiger charge is -2.29. The molecule has 16 heavy (non-hydrogen) atoms. The molecule has 0 radical (unpaired) electrons. The lowest BCUT2D eigenvalue weighted by molar-refractivity contribution is -0.146. The topological polar surface area (TPSA) is 60.9 Å². The minimum atomic E-state index is -0.994. The van der Waals surface area contributed by atoms with E-state index in [0.29, 0.717) is 0 Å². The van der Waals surface area contributed by atoms with Crippen molar-refractivity contribution in [3.63, 3.8) is 0 Å². The molecule has 1 fully saturated rings. The number of rotatable bonds is 5. The van der Waals surface area contributed by atoms with Gasteiger partial charge in [0.25, 0.3) is 0 Å². The molecule has 1 aliphatic rings. The Kier molecular flexibility index (Phi) is 4.49. The standard InChI is InChI=1S/C11H18N2O3/c1-9(11(15)16)12(2)10(14)5-3-6-13-7-4-8-13/h3,5,9H,4,6-8H2,1-2H3,(H,15,16)/t9-/m0/s1. The zero-order valence-corrected chi connectivity index (χ0v) is 9.72. The molecule has 0 saturated carbocycles. The lowest BCUT2D eigenvalue weighted by atomic mass is 10.2. The van der Waals surface area contributed by atoms with Gasteiger partial charge in [0.2, 0.25) is 5.91 Å². The fraction of sp³-hybridized carbons (Fsp3) is 0.636. The average Bonchev–Trinajstić information content (AvgIpc) is 2.18. The van der Waals surface area contributed by atoms with Crippen LogP contribution >= 0.6 is 0 Å². The molecule has 1 heterocycles. The zero-order valence-electron chi connectivity index (χ0n) is 9.72. The summed E-state index contributed by atoms with van der Waals surface area (Å²) in [5, 5.41) is 8.74. The van der Waals surface area contributed by atoms with Crippen molar-refractivity contribution in [1.29, 1.82) is 0 Å². The number of likely N-dealkylation sites (N-methyl/N-ethyl adjacent to an activating group) is 1. The average molecular weight is 226 g/mol. The molecule has 1 amide bonds. The maximum Gasteiger partial charge on any atom is 0.326 e. The first-order valence-corrected chi connectivity index (χ1v) is 5.41. The predicted octanol–water partition coefficient (Wildman–Crippen LogP) is 0.180. The van der Waals surface area contributed by atoms with Gasteiger partial charge in [0.05, 0.1) is 0 Å². The molecule has 0 aromatic carbocycles. The molecule has 1 aliphatic heterocycles. The van der Waals surface area contributed by atoms with Crippen LogP contribution in [0.4, 0.5) is 0 Å². The highest BCUT2D eigenvalue weighted by Gasteiger charge is 2.19. The predicted molar refractivity (Wildman–Crippen MR) is 60.1 cm³/mol. The second-order valence-electron chi connectivity index (χ2n) is 4.02. The van der Waals surface area contributed by atoms with Crippen molar-refractivity contribution in [1.82, 2.24) is 9.80 Å².